The topological polar surface area (TPSA) is 84.2 Å². The number of hydrogen-bond donors (Lipinski definition) is 2. The van der Waals surface area contributed by atoms with E-state index < -0.39 is 16.1 Å². The minimum atomic E-state index is -3.67. The largest absolute Gasteiger partial charge is 0.389 e. The Kier molecular flexibility index (Phi) is 4.34. The highest BCUT2D eigenvalue weighted by Crippen LogP contribution is 2.20. The van der Waals surface area contributed by atoms with Gasteiger partial charge in [0.2, 0.25) is 0 Å². The van der Waals surface area contributed by atoms with E-state index in [1.165, 1.54) is 12.1 Å². The number of rotatable bonds is 5. The Balaban J connectivity index is 2.28. The Morgan fingerprint density at radius 3 is 2.29 bits per heavy atom. The molecule has 2 rings (SSSR count). The Morgan fingerprint density at radius 1 is 1.14 bits per heavy atom. The van der Waals surface area contributed by atoms with Gasteiger partial charge in [-0.15, -0.1) is 0 Å². The highest BCUT2D eigenvalue weighted by atomic mass is 32.2. The van der Waals surface area contributed by atoms with Gasteiger partial charge in [0.05, 0.1) is 17.2 Å². The van der Waals surface area contributed by atoms with Gasteiger partial charge in [0.15, 0.2) is 0 Å². The van der Waals surface area contributed by atoms with Gasteiger partial charge in [-0.05, 0) is 38.5 Å². The van der Waals surface area contributed by atoms with Crippen LogP contribution in [0.3, 0.4) is 0 Å². The zero-order valence-electron chi connectivity index (χ0n) is 12.2. The molecule has 2 aromatic rings. The molecule has 0 spiro atoms. The molecule has 1 aromatic carbocycles. The summed E-state index contributed by atoms with van der Waals surface area (Å²) in [5, 5.41) is 13.5. The van der Waals surface area contributed by atoms with E-state index in [0.29, 0.717) is 11.4 Å². The molecule has 1 heterocycles. The molecule has 21 heavy (non-hydrogen) atoms. The molecule has 1 aromatic heterocycles. The summed E-state index contributed by atoms with van der Waals surface area (Å²) in [5.74, 6) is 0.421. The standard InChI is InChI=1S/C14H19N3O3S/c1-10(2)17-14(8-9-15-17)16-21(19,20)13-6-4-12(5-7-13)11(3)18/h4-11,16,18H,1-3H3. The maximum Gasteiger partial charge on any atom is 0.263 e. The molecule has 0 amide bonds. The molecule has 0 aliphatic heterocycles. The van der Waals surface area contributed by atoms with Gasteiger partial charge in [-0.25, -0.2) is 13.1 Å². The van der Waals surface area contributed by atoms with Crippen molar-refractivity contribution >= 4 is 15.8 Å². The van der Waals surface area contributed by atoms with E-state index in [-0.39, 0.29) is 10.9 Å². The molecule has 0 aliphatic rings. The van der Waals surface area contributed by atoms with Crippen LogP contribution in [0.25, 0.3) is 0 Å². The molecular weight excluding hydrogens is 290 g/mol. The smallest absolute Gasteiger partial charge is 0.263 e. The molecule has 7 heteroatoms. The highest BCUT2D eigenvalue weighted by molar-refractivity contribution is 7.92. The lowest BCUT2D eigenvalue weighted by Gasteiger charge is -2.13. The van der Waals surface area contributed by atoms with Crippen LogP contribution in [0.1, 0.15) is 38.5 Å². The first-order valence-electron chi connectivity index (χ1n) is 6.65. The van der Waals surface area contributed by atoms with Crippen LogP contribution in [0.2, 0.25) is 0 Å². The van der Waals surface area contributed by atoms with Crippen molar-refractivity contribution in [2.75, 3.05) is 4.72 Å². The third-order valence-electron chi connectivity index (χ3n) is 3.07. The lowest BCUT2D eigenvalue weighted by atomic mass is 10.1. The summed E-state index contributed by atoms with van der Waals surface area (Å²) >= 11 is 0. The second-order valence-electron chi connectivity index (χ2n) is 5.11. The first-order chi connectivity index (χ1) is 9.81. The van der Waals surface area contributed by atoms with Crippen molar-refractivity contribution in [2.24, 2.45) is 0 Å². The SMILES string of the molecule is CC(O)c1ccc(S(=O)(=O)Nc2ccnn2C(C)C)cc1. The molecule has 2 N–H and O–H groups in total. The summed E-state index contributed by atoms with van der Waals surface area (Å²) in [7, 11) is -3.67. The molecule has 0 saturated heterocycles. The number of aliphatic hydroxyl groups excluding tert-OH is 1. The predicted octanol–water partition coefficient (Wildman–Crippen LogP) is 2.32. The van der Waals surface area contributed by atoms with Crippen molar-refractivity contribution in [3.05, 3.63) is 42.1 Å². The number of sulfonamides is 1. The summed E-state index contributed by atoms with van der Waals surface area (Å²) in [4.78, 5) is 0.142. The van der Waals surface area contributed by atoms with Gasteiger partial charge in [-0.2, -0.15) is 5.10 Å². The first kappa shape index (κ1) is 15.5. The van der Waals surface area contributed by atoms with Crippen LogP contribution in [0, 0.1) is 0 Å². The Labute approximate surface area is 124 Å². The first-order valence-corrected chi connectivity index (χ1v) is 8.14. The number of nitrogens with zero attached hydrogens (tertiary/aromatic N) is 2. The molecule has 0 aliphatic carbocycles. The van der Waals surface area contributed by atoms with Gasteiger partial charge in [-0.1, -0.05) is 12.1 Å². The summed E-state index contributed by atoms with van der Waals surface area (Å²) in [6.45, 7) is 5.47. The summed E-state index contributed by atoms with van der Waals surface area (Å²) in [6.07, 6.45) is 0.922. The van der Waals surface area contributed by atoms with E-state index in [1.54, 1.807) is 36.0 Å². The van der Waals surface area contributed by atoms with Crippen LogP contribution in [0.4, 0.5) is 5.82 Å². The number of hydrogen-bond acceptors (Lipinski definition) is 4. The second-order valence-corrected chi connectivity index (χ2v) is 6.79. The van der Waals surface area contributed by atoms with Crippen molar-refractivity contribution < 1.29 is 13.5 Å². The van der Waals surface area contributed by atoms with Crippen molar-refractivity contribution in [2.45, 2.75) is 37.8 Å². The van der Waals surface area contributed by atoms with Gasteiger partial charge in [0, 0.05) is 12.1 Å². The number of benzene rings is 1. The van der Waals surface area contributed by atoms with Crippen LogP contribution in [0.5, 0.6) is 0 Å². The van der Waals surface area contributed by atoms with Gasteiger partial charge < -0.3 is 5.11 Å². The van der Waals surface area contributed by atoms with Crippen molar-refractivity contribution in [3.63, 3.8) is 0 Å². The summed E-state index contributed by atoms with van der Waals surface area (Å²) < 4.78 is 28.8. The average molecular weight is 309 g/mol. The maximum absolute atomic E-state index is 12.3. The van der Waals surface area contributed by atoms with Gasteiger partial charge in [0.25, 0.3) is 10.0 Å². The number of anilines is 1. The normalized spacial score (nSPS) is 13.4. The lowest BCUT2D eigenvalue weighted by molar-refractivity contribution is 0.199. The van der Waals surface area contributed by atoms with Crippen LogP contribution >= 0.6 is 0 Å². The Bertz CT molecular complexity index is 703. The molecule has 1 unspecified atom stereocenters. The quantitative estimate of drug-likeness (QED) is 0.887. The van der Waals surface area contributed by atoms with Crippen LogP contribution in [-0.2, 0) is 10.0 Å². The van der Waals surface area contributed by atoms with Crippen molar-refractivity contribution in [1.82, 2.24) is 9.78 Å². The van der Waals surface area contributed by atoms with E-state index in [2.05, 4.69) is 9.82 Å². The van der Waals surface area contributed by atoms with Crippen molar-refractivity contribution in [3.8, 4) is 0 Å². The highest BCUT2D eigenvalue weighted by Gasteiger charge is 2.17. The minimum absolute atomic E-state index is 0.0512. The Morgan fingerprint density at radius 2 is 1.76 bits per heavy atom. The fourth-order valence-electron chi connectivity index (χ4n) is 1.93. The summed E-state index contributed by atoms with van der Waals surface area (Å²) in [6, 6.07) is 7.80. The third-order valence-corrected chi connectivity index (χ3v) is 4.44. The van der Waals surface area contributed by atoms with Crippen LogP contribution in [-0.4, -0.2) is 23.3 Å². The summed E-state index contributed by atoms with van der Waals surface area (Å²) in [5.41, 5.74) is 0.668. The molecule has 1 atom stereocenters. The molecule has 0 bridgehead atoms. The Hall–Kier alpha value is -1.86. The average Bonchev–Trinajstić information content (AvgIpc) is 2.86. The van der Waals surface area contributed by atoms with E-state index in [9.17, 15) is 13.5 Å². The van der Waals surface area contributed by atoms with E-state index >= 15 is 0 Å². The fourth-order valence-corrected chi connectivity index (χ4v) is 2.98. The van der Waals surface area contributed by atoms with Gasteiger partial charge >= 0.3 is 0 Å². The maximum atomic E-state index is 12.3. The van der Waals surface area contributed by atoms with E-state index in [4.69, 9.17) is 0 Å². The third kappa shape index (κ3) is 3.43. The fraction of sp³-hybridized carbons (Fsp3) is 0.357. The second kappa shape index (κ2) is 5.87. The number of aliphatic hydroxyl groups is 1. The van der Waals surface area contributed by atoms with E-state index in [1.807, 2.05) is 13.8 Å². The molecule has 0 saturated carbocycles. The molecule has 114 valence electrons. The van der Waals surface area contributed by atoms with Crippen LogP contribution in [0.15, 0.2) is 41.4 Å². The zero-order chi connectivity index (χ0) is 15.6. The molecule has 6 nitrogen and oxygen atoms in total. The van der Waals surface area contributed by atoms with Crippen LogP contribution < -0.4 is 4.72 Å². The number of nitrogens with one attached hydrogen (secondary N) is 1. The minimum Gasteiger partial charge on any atom is -0.389 e. The van der Waals surface area contributed by atoms with Gasteiger partial charge in [-0.3, -0.25) is 4.72 Å². The molecule has 0 fully saturated rings. The lowest BCUT2D eigenvalue weighted by Crippen LogP contribution is -2.17. The van der Waals surface area contributed by atoms with Crippen molar-refractivity contribution in [1.29, 1.82) is 0 Å². The predicted molar refractivity (Wildman–Crippen MR) is 80.5 cm³/mol. The zero-order valence-corrected chi connectivity index (χ0v) is 13.0. The van der Waals surface area contributed by atoms with Gasteiger partial charge in [0.1, 0.15) is 5.82 Å². The monoisotopic (exact) mass is 309 g/mol. The van der Waals surface area contributed by atoms with E-state index in [0.717, 1.165) is 0 Å². The molecular formula is C14H19N3O3S. The molecule has 0 radical (unpaired) electrons. The number of aromatic nitrogens is 2.